The third-order valence-electron chi connectivity index (χ3n) is 3.39. The summed E-state index contributed by atoms with van der Waals surface area (Å²) in [4.78, 5) is 11.3. The summed E-state index contributed by atoms with van der Waals surface area (Å²) in [7, 11) is 0. The molecule has 1 heterocycles. The van der Waals surface area contributed by atoms with Gasteiger partial charge in [0.2, 0.25) is 0 Å². The Bertz CT molecular complexity index is 439. The van der Waals surface area contributed by atoms with E-state index in [1.165, 1.54) is 0 Å². The first-order valence-corrected chi connectivity index (χ1v) is 6.84. The van der Waals surface area contributed by atoms with Gasteiger partial charge in [-0.3, -0.25) is 0 Å². The molecular weight excluding hydrogens is 240 g/mol. The molecule has 1 saturated heterocycles. The molecule has 0 radical (unpaired) electrons. The summed E-state index contributed by atoms with van der Waals surface area (Å²) in [6.45, 7) is 6.21. The second kappa shape index (κ2) is 6.41. The summed E-state index contributed by atoms with van der Waals surface area (Å²) in [6.07, 6.45) is 3.01. The van der Waals surface area contributed by atoms with E-state index >= 15 is 0 Å². The van der Waals surface area contributed by atoms with Crippen molar-refractivity contribution in [2.24, 2.45) is 0 Å². The molecule has 1 aliphatic rings. The van der Waals surface area contributed by atoms with E-state index in [-0.39, 0.29) is 12.2 Å². The summed E-state index contributed by atoms with van der Waals surface area (Å²) < 4.78 is 10.5. The second-order valence-corrected chi connectivity index (χ2v) is 4.83. The van der Waals surface area contributed by atoms with Crippen LogP contribution in [-0.4, -0.2) is 18.4 Å². The number of benzene rings is 1. The van der Waals surface area contributed by atoms with Crippen LogP contribution in [0, 0.1) is 0 Å². The van der Waals surface area contributed by atoms with Crippen molar-refractivity contribution < 1.29 is 14.3 Å². The van der Waals surface area contributed by atoms with Crippen molar-refractivity contribution in [3.8, 4) is 0 Å². The summed E-state index contributed by atoms with van der Waals surface area (Å²) in [6, 6.07) is 9.79. The van der Waals surface area contributed by atoms with Crippen molar-refractivity contribution in [3.05, 3.63) is 42.5 Å². The molecule has 0 spiro atoms. The van der Waals surface area contributed by atoms with Crippen LogP contribution >= 0.6 is 0 Å². The van der Waals surface area contributed by atoms with Crippen LogP contribution in [0.25, 0.3) is 5.57 Å². The fourth-order valence-electron chi connectivity index (χ4n) is 2.31. The molecule has 102 valence electrons. The van der Waals surface area contributed by atoms with Gasteiger partial charge in [0.05, 0.1) is 0 Å². The average molecular weight is 260 g/mol. The lowest BCUT2D eigenvalue weighted by atomic mass is 9.96. The molecule has 0 N–H and O–H groups in total. The smallest absolute Gasteiger partial charge is 0.427 e. The highest BCUT2D eigenvalue weighted by Gasteiger charge is 2.38. The number of unbranched alkanes of at least 4 members (excludes halogenated alkanes) is 2. The van der Waals surface area contributed by atoms with Crippen LogP contribution < -0.4 is 0 Å². The standard InChI is InChI=1S/C16H20O3/c1-3-4-6-11-14-15(19-16(17)18-14)12(2)13-9-7-5-8-10-13/h5,7-10,14-15H,2-4,6,11H2,1H3/t14-,15+/m0/s1. The fourth-order valence-corrected chi connectivity index (χ4v) is 2.31. The van der Waals surface area contributed by atoms with Gasteiger partial charge in [0.15, 0.2) is 6.10 Å². The van der Waals surface area contributed by atoms with Crippen LogP contribution in [0.1, 0.15) is 38.2 Å². The molecule has 0 unspecified atom stereocenters. The SMILES string of the molecule is C=C(c1ccccc1)[C@H]1OC(=O)O[C@H]1CCCCC. The van der Waals surface area contributed by atoms with Gasteiger partial charge in [-0.1, -0.05) is 56.7 Å². The lowest BCUT2D eigenvalue weighted by Gasteiger charge is -2.17. The van der Waals surface area contributed by atoms with E-state index < -0.39 is 6.16 Å². The quantitative estimate of drug-likeness (QED) is 0.568. The third-order valence-corrected chi connectivity index (χ3v) is 3.39. The predicted octanol–water partition coefficient (Wildman–Crippen LogP) is 4.18. The van der Waals surface area contributed by atoms with E-state index in [4.69, 9.17) is 9.47 Å². The lowest BCUT2D eigenvalue weighted by molar-refractivity contribution is 0.115. The van der Waals surface area contributed by atoms with E-state index in [2.05, 4.69) is 13.5 Å². The highest BCUT2D eigenvalue weighted by Crippen LogP contribution is 2.30. The molecule has 2 rings (SSSR count). The minimum Gasteiger partial charge on any atom is -0.427 e. The highest BCUT2D eigenvalue weighted by atomic mass is 16.8. The van der Waals surface area contributed by atoms with Crippen molar-refractivity contribution in [3.63, 3.8) is 0 Å². The van der Waals surface area contributed by atoms with Gasteiger partial charge in [-0.2, -0.15) is 0 Å². The maximum atomic E-state index is 11.3. The molecule has 19 heavy (non-hydrogen) atoms. The Morgan fingerprint density at radius 2 is 1.95 bits per heavy atom. The summed E-state index contributed by atoms with van der Waals surface area (Å²) in [5.41, 5.74) is 1.80. The highest BCUT2D eigenvalue weighted by molar-refractivity contribution is 5.73. The van der Waals surface area contributed by atoms with Crippen LogP contribution in [0.5, 0.6) is 0 Å². The Kier molecular flexibility index (Phi) is 4.61. The number of ether oxygens (including phenoxy) is 2. The molecule has 1 fully saturated rings. The van der Waals surface area contributed by atoms with E-state index in [0.717, 1.165) is 36.8 Å². The first-order valence-electron chi connectivity index (χ1n) is 6.84. The lowest BCUT2D eigenvalue weighted by Crippen LogP contribution is -2.23. The third kappa shape index (κ3) is 3.37. The molecular formula is C16H20O3. The average Bonchev–Trinajstić information content (AvgIpc) is 2.80. The molecule has 1 aliphatic heterocycles. The van der Waals surface area contributed by atoms with Gasteiger partial charge in [0.1, 0.15) is 6.10 Å². The van der Waals surface area contributed by atoms with Gasteiger partial charge >= 0.3 is 6.16 Å². The fraction of sp³-hybridized carbons (Fsp3) is 0.438. The maximum absolute atomic E-state index is 11.3. The second-order valence-electron chi connectivity index (χ2n) is 4.83. The number of hydrogen-bond donors (Lipinski definition) is 0. The minimum absolute atomic E-state index is 0.202. The van der Waals surface area contributed by atoms with Crippen LogP contribution in [0.3, 0.4) is 0 Å². The van der Waals surface area contributed by atoms with E-state index in [9.17, 15) is 4.79 Å². The van der Waals surface area contributed by atoms with Crippen LogP contribution in [0.4, 0.5) is 4.79 Å². The molecule has 2 atom stereocenters. The minimum atomic E-state index is -0.580. The Morgan fingerprint density at radius 1 is 1.21 bits per heavy atom. The van der Waals surface area contributed by atoms with Gasteiger partial charge in [-0.15, -0.1) is 0 Å². The molecule has 0 amide bonds. The zero-order valence-corrected chi connectivity index (χ0v) is 11.3. The monoisotopic (exact) mass is 260 g/mol. The first-order chi connectivity index (χ1) is 9.22. The van der Waals surface area contributed by atoms with E-state index in [0.29, 0.717) is 0 Å². The zero-order valence-electron chi connectivity index (χ0n) is 11.3. The molecule has 3 nitrogen and oxygen atoms in total. The largest absolute Gasteiger partial charge is 0.509 e. The van der Waals surface area contributed by atoms with E-state index in [1.54, 1.807) is 0 Å². The van der Waals surface area contributed by atoms with Crippen molar-refractivity contribution >= 4 is 11.7 Å². The zero-order chi connectivity index (χ0) is 13.7. The van der Waals surface area contributed by atoms with Crippen molar-refractivity contribution in [2.45, 2.75) is 44.8 Å². The van der Waals surface area contributed by atoms with Gasteiger partial charge in [0, 0.05) is 0 Å². The normalized spacial score (nSPS) is 21.8. The van der Waals surface area contributed by atoms with Gasteiger partial charge in [-0.25, -0.2) is 4.79 Å². The molecule has 1 aromatic carbocycles. The molecule has 0 aromatic heterocycles. The van der Waals surface area contributed by atoms with Crippen molar-refractivity contribution in [2.75, 3.05) is 0 Å². The predicted molar refractivity (Wildman–Crippen MR) is 74.8 cm³/mol. The molecule has 0 saturated carbocycles. The summed E-state index contributed by atoms with van der Waals surface area (Å²) >= 11 is 0. The van der Waals surface area contributed by atoms with Gasteiger partial charge < -0.3 is 9.47 Å². The van der Waals surface area contributed by atoms with Crippen LogP contribution in [0.2, 0.25) is 0 Å². The van der Waals surface area contributed by atoms with E-state index in [1.807, 2.05) is 30.3 Å². The number of rotatable bonds is 6. The Labute approximate surface area is 114 Å². The van der Waals surface area contributed by atoms with Gasteiger partial charge in [-0.05, 0) is 24.0 Å². The first kappa shape index (κ1) is 13.7. The number of carbonyl (C=O) groups is 1. The molecule has 0 bridgehead atoms. The Morgan fingerprint density at radius 3 is 2.63 bits per heavy atom. The van der Waals surface area contributed by atoms with Crippen molar-refractivity contribution in [1.82, 2.24) is 0 Å². The molecule has 3 heteroatoms. The Balaban J connectivity index is 2.04. The topological polar surface area (TPSA) is 35.5 Å². The number of cyclic esters (lactones) is 2. The van der Waals surface area contributed by atoms with Crippen LogP contribution in [0.15, 0.2) is 36.9 Å². The summed E-state index contributed by atoms with van der Waals surface area (Å²) in [5, 5.41) is 0. The van der Waals surface area contributed by atoms with Crippen molar-refractivity contribution in [1.29, 1.82) is 0 Å². The number of carbonyl (C=O) groups excluding carboxylic acids is 1. The number of hydrogen-bond acceptors (Lipinski definition) is 3. The summed E-state index contributed by atoms with van der Waals surface area (Å²) in [5.74, 6) is 0. The molecule has 1 aromatic rings. The maximum Gasteiger partial charge on any atom is 0.509 e. The molecule has 0 aliphatic carbocycles. The Hall–Kier alpha value is -1.77. The van der Waals surface area contributed by atoms with Crippen LogP contribution in [-0.2, 0) is 9.47 Å². The van der Waals surface area contributed by atoms with Gasteiger partial charge in [0.25, 0.3) is 0 Å².